The first-order valence-corrected chi connectivity index (χ1v) is 11.5. The van der Waals surface area contributed by atoms with Gasteiger partial charge in [0, 0.05) is 18.3 Å². The number of hydrogen-bond acceptors (Lipinski definition) is 4. The van der Waals surface area contributed by atoms with Crippen molar-refractivity contribution in [3.63, 3.8) is 0 Å². The van der Waals surface area contributed by atoms with E-state index in [4.69, 9.17) is 4.18 Å². The second-order valence-corrected chi connectivity index (χ2v) is 8.94. The Morgan fingerprint density at radius 2 is 1.19 bits per heavy atom. The number of hydrogen-bond donors (Lipinski definition) is 0. The largest absolute Gasteiger partial charge is 0.297 e. The Hall–Kier alpha value is -3.28. The van der Waals surface area contributed by atoms with Crippen LogP contribution >= 0.6 is 0 Å². The Morgan fingerprint density at radius 3 is 1.71 bits per heavy atom. The molecule has 4 aromatic rings. The molecule has 0 aliphatic carbocycles. The molecule has 4 nitrogen and oxygen atoms in total. The molecule has 1 aromatic heterocycles. The van der Waals surface area contributed by atoms with Gasteiger partial charge in [0.2, 0.25) is 0 Å². The standard InChI is InChI=1S/C26H23NO3S/c1-20-12-14-24(15-13-20)31(28,29)30-26(23-16-18-27-19-17-23)25(21-8-4-2-5-9-21)22-10-6-3-7-11-22/h2-19,25-26H,1H3. The molecular formula is C26H23NO3S. The van der Waals surface area contributed by atoms with Crippen LogP contribution in [0.3, 0.4) is 0 Å². The van der Waals surface area contributed by atoms with Gasteiger partial charge >= 0.3 is 0 Å². The average Bonchev–Trinajstić information content (AvgIpc) is 2.81. The maximum Gasteiger partial charge on any atom is 0.297 e. The topological polar surface area (TPSA) is 56.3 Å². The van der Waals surface area contributed by atoms with Crippen LogP contribution in [-0.4, -0.2) is 13.4 Å². The molecule has 0 saturated heterocycles. The molecule has 0 saturated carbocycles. The van der Waals surface area contributed by atoms with Crippen molar-refractivity contribution >= 4 is 10.1 Å². The fraction of sp³-hybridized carbons (Fsp3) is 0.115. The van der Waals surface area contributed by atoms with E-state index < -0.39 is 16.2 Å². The first kappa shape index (κ1) is 21.0. The maximum atomic E-state index is 13.3. The minimum atomic E-state index is -4.01. The van der Waals surface area contributed by atoms with Gasteiger partial charge in [-0.3, -0.25) is 9.17 Å². The summed E-state index contributed by atoms with van der Waals surface area (Å²) in [5.41, 5.74) is 3.66. The Kier molecular flexibility index (Phi) is 6.26. The molecule has 156 valence electrons. The zero-order chi connectivity index (χ0) is 21.7. The Balaban J connectivity index is 1.84. The van der Waals surface area contributed by atoms with Gasteiger partial charge < -0.3 is 0 Å². The van der Waals surface area contributed by atoms with Crippen LogP contribution in [0.5, 0.6) is 0 Å². The lowest BCUT2D eigenvalue weighted by Gasteiger charge is -2.28. The molecule has 0 amide bonds. The summed E-state index contributed by atoms with van der Waals surface area (Å²) in [6.45, 7) is 1.91. The summed E-state index contributed by atoms with van der Waals surface area (Å²) < 4.78 is 32.5. The van der Waals surface area contributed by atoms with Crippen LogP contribution in [0.1, 0.15) is 34.3 Å². The highest BCUT2D eigenvalue weighted by molar-refractivity contribution is 7.86. The Labute approximate surface area is 183 Å². The van der Waals surface area contributed by atoms with Crippen molar-refractivity contribution in [2.75, 3.05) is 0 Å². The molecular weight excluding hydrogens is 406 g/mol. The van der Waals surface area contributed by atoms with Gasteiger partial charge in [-0.25, -0.2) is 0 Å². The minimum absolute atomic E-state index is 0.136. The van der Waals surface area contributed by atoms with E-state index in [-0.39, 0.29) is 10.8 Å². The van der Waals surface area contributed by atoms with Crippen LogP contribution in [0.4, 0.5) is 0 Å². The molecule has 0 spiro atoms. The third kappa shape index (κ3) is 4.90. The predicted octanol–water partition coefficient (Wildman–Crippen LogP) is 5.67. The van der Waals surface area contributed by atoms with Crippen molar-refractivity contribution in [3.05, 3.63) is 132 Å². The van der Waals surface area contributed by atoms with Crippen LogP contribution in [0.15, 0.2) is 114 Å². The van der Waals surface area contributed by atoms with Crippen molar-refractivity contribution in [3.8, 4) is 0 Å². The third-order valence-corrected chi connectivity index (χ3v) is 6.50. The van der Waals surface area contributed by atoms with Crippen molar-refractivity contribution < 1.29 is 12.6 Å². The zero-order valence-electron chi connectivity index (χ0n) is 17.1. The number of nitrogens with zero attached hydrogens (tertiary/aromatic N) is 1. The molecule has 0 N–H and O–H groups in total. The van der Waals surface area contributed by atoms with E-state index in [0.29, 0.717) is 0 Å². The molecule has 4 rings (SSSR count). The highest BCUT2D eigenvalue weighted by Gasteiger charge is 2.32. The number of aryl methyl sites for hydroxylation is 1. The number of pyridine rings is 1. The highest BCUT2D eigenvalue weighted by Crippen LogP contribution is 2.41. The van der Waals surface area contributed by atoms with Gasteiger partial charge in [0.05, 0.1) is 4.90 Å². The highest BCUT2D eigenvalue weighted by atomic mass is 32.2. The average molecular weight is 430 g/mol. The van der Waals surface area contributed by atoms with Crippen LogP contribution in [0.25, 0.3) is 0 Å². The summed E-state index contributed by atoms with van der Waals surface area (Å²) in [6, 6.07) is 29.9. The van der Waals surface area contributed by atoms with Gasteiger partial charge in [-0.05, 0) is 47.9 Å². The second kappa shape index (κ2) is 9.25. The lowest BCUT2D eigenvalue weighted by atomic mass is 9.84. The zero-order valence-corrected chi connectivity index (χ0v) is 17.9. The normalized spacial score (nSPS) is 12.6. The van der Waals surface area contributed by atoms with Crippen molar-refractivity contribution in [2.24, 2.45) is 0 Å². The SMILES string of the molecule is Cc1ccc(S(=O)(=O)OC(c2ccncc2)C(c2ccccc2)c2ccccc2)cc1. The first-order chi connectivity index (χ1) is 15.0. The fourth-order valence-corrected chi connectivity index (χ4v) is 4.69. The van der Waals surface area contributed by atoms with E-state index in [0.717, 1.165) is 22.3 Å². The molecule has 1 atom stereocenters. The molecule has 3 aromatic carbocycles. The van der Waals surface area contributed by atoms with Crippen molar-refractivity contribution in [1.29, 1.82) is 0 Å². The van der Waals surface area contributed by atoms with Crippen LogP contribution < -0.4 is 0 Å². The monoisotopic (exact) mass is 429 g/mol. The molecule has 0 bridgehead atoms. The van der Waals surface area contributed by atoms with Gasteiger partial charge in [0.25, 0.3) is 10.1 Å². The number of rotatable bonds is 7. The van der Waals surface area contributed by atoms with Gasteiger partial charge in [0.15, 0.2) is 0 Å². The fourth-order valence-electron chi connectivity index (χ4n) is 3.62. The van der Waals surface area contributed by atoms with Gasteiger partial charge in [-0.1, -0.05) is 78.4 Å². The molecule has 31 heavy (non-hydrogen) atoms. The van der Waals surface area contributed by atoms with Crippen LogP contribution in [-0.2, 0) is 14.3 Å². The van der Waals surface area contributed by atoms with Crippen LogP contribution in [0.2, 0.25) is 0 Å². The van der Waals surface area contributed by atoms with E-state index >= 15 is 0 Å². The quantitative estimate of drug-likeness (QED) is 0.355. The van der Waals surface area contributed by atoms with E-state index in [1.165, 1.54) is 0 Å². The smallest absolute Gasteiger partial charge is 0.265 e. The lowest BCUT2D eigenvalue weighted by Crippen LogP contribution is -2.20. The van der Waals surface area contributed by atoms with E-state index in [1.807, 2.05) is 67.6 Å². The summed E-state index contributed by atoms with van der Waals surface area (Å²) in [4.78, 5) is 4.23. The van der Waals surface area contributed by atoms with Crippen molar-refractivity contribution in [1.82, 2.24) is 4.98 Å². The summed E-state index contributed by atoms with van der Waals surface area (Å²) >= 11 is 0. The summed E-state index contributed by atoms with van der Waals surface area (Å²) in [5.74, 6) is -0.329. The number of aromatic nitrogens is 1. The molecule has 5 heteroatoms. The predicted molar refractivity (Wildman–Crippen MR) is 121 cm³/mol. The Bertz CT molecular complexity index is 1170. The maximum absolute atomic E-state index is 13.3. The Morgan fingerprint density at radius 1 is 0.677 bits per heavy atom. The molecule has 1 heterocycles. The minimum Gasteiger partial charge on any atom is -0.265 e. The van der Waals surface area contributed by atoms with E-state index in [9.17, 15) is 8.42 Å². The molecule has 0 aliphatic heterocycles. The first-order valence-electron chi connectivity index (χ1n) is 10.0. The van der Waals surface area contributed by atoms with Gasteiger partial charge in [-0.15, -0.1) is 0 Å². The van der Waals surface area contributed by atoms with Gasteiger partial charge in [-0.2, -0.15) is 8.42 Å². The lowest BCUT2D eigenvalue weighted by molar-refractivity contribution is 0.194. The molecule has 1 unspecified atom stereocenters. The summed E-state index contributed by atoms with van der Waals surface area (Å²) in [6.07, 6.45) is 2.54. The van der Waals surface area contributed by atoms with Gasteiger partial charge in [0.1, 0.15) is 6.10 Å². The van der Waals surface area contributed by atoms with E-state index in [2.05, 4.69) is 4.98 Å². The number of benzene rings is 3. The molecule has 0 fully saturated rings. The van der Waals surface area contributed by atoms with Crippen molar-refractivity contribution in [2.45, 2.75) is 23.8 Å². The molecule has 0 radical (unpaired) electrons. The molecule has 0 aliphatic rings. The summed E-state index contributed by atoms with van der Waals surface area (Å²) in [5, 5.41) is 0. The van der Waals surface area contributed by atoms with E-state index in [1.54, 1.807) is 48.8 Å². The summed E-state index contributed by atoms with van der Waals surface area (Å²) in [7, 11) is -4.01. The second-order valence-electron chi connectivity index (χ2n) is 7.36. The third-order valence-electron chi connectivity index (χ3n) is 5.19. The van der Waals surface area contributed by atoms with Crippen LogP contribution in [0, 0.1) is 6.92 Å².